The second-order valence-electron chi connectivity index (χ2n) is 14.6. The van der Waals surface area contributed by atoms with E-state index in [0.29, 0.717) is 5.92 Å². The van der Waals surface area contributed by atoms with E-state index in [4.69, 9.17) is 0 Å². The molecule has 0 saturated heterocycles. The van der Waals surface area contributed by atoms with Crippen LogP contribution in [0.3, 0.4) is 0 Å². The number of aliphatic hydroxyl groups excluding tert-OH is 1. The molecular formula is C30H46O3. The van der Waals surface area contributed by atoms with Gasteiger partial charge in [0.1, 0.15) is 0 Å². The molecule has 5 rings (SSSR count). The highest BCUT2D eigenvalue weighted by Gasteiger charge is 2.67. The number of allylic oxidation sites excluding steroid dienone is 4. The molecule has 5 aliphatic rings. The Bertz CT molecular complexity index is 940. The molecule has 0 aromatic rings. The van der Waals surface area contributed by atoms with E-state index in [1.54, 1.807) is 5.57 Å². The first-order valence-corrected chi connectivity index (χ1v) is 13.5. The maximum Gasteiger partial charge on any atom is 0.310 e. The molecule has 0 aromatic heterocycles. The van der Waals surface area contributed by atoms with Gasteiger partial charge in [-0.1, -0.05) is 71.8 Å². The summed E-state index contributed by atoms with van der Waals surface area (Å²) < 4.78 is 0. The Kier molecular flexibility index (Phi) is 4.85. The predicted molar refractivity (Wildman–Crippen MR) is 133 cm³/mol. The summed E-state index contributed by atoms with van der Waals surface area (Å²) in [6.45, 7) is 16.7. The van der Waals surface area contributed by atoms with E-state index in [9.17, 15) is 15.0 Å². The molecule has 0 heterocycles. The fourth-order valence-corrected chi connectivity index (χ4v) is 9.92. The molecule has 0 aliphatic heterocycles. The van der Waals surface area contributed by atoms with Crippen molar-refractivity contribution < 1.29 is 15.0 Å². The number of carboxylic acids is 1. The molecule has 4 fully saturated rings. The van der Waals surface area contributed by atoms with Gasteiger partial charge in [0.25, 0.3) is 0 Å². The zero-order chi connectivity index (χ0) is 24.2. The number of carbonyl (C=O) groups is 1. The van der Waals surface area contributed by atoms with Crippen molar-refractivity contribution >= 4 is 5.97 Å². The second-order valence-corrected chi connectivity index (χ2v) is 14.6. The summed E-state index contributed by atoms with van der Waals surface area (Å²) in [6.07, 6.45) is 13.4. The van der Waals surface area contributed by atoms with Gasteiger partial charge < -0.3 is 10.2 Å². The lowest BCUT2D eigenvalue weighted by Gasteiger charge is -2.68. The van der Waals surface area contributed by atoms with Crippen molar-refractivity contribution in [2.75, 3.05) is 0 Å². The zero-order valence-electron chi connectivity index (χ0n) is 22.1. The third-order valence-electron chi connectivity index (χ3n) is 12.4. The van der Waals surface area contributed by atoms with E-state index in [2.05, 4.69) is 60.6 Å². The molecular weight excluding hydrogens is 408 g/mol. The molecule has 0 bridgehead atoms. The van der Waals surface area contributed by atoms with Crippen LogP contribution < -0.4 is 0 Å². The Morgan fingerprint density at radius 1 is 0.848 bits per heavy atom. The largest absolute Gasteiger partial charge is 0.481 e. The van der Waals surface area contributed by atoms with Crippen LogP contribution in [0.1, 0.15) is 106 Å². The Morgan fingerprint density at radius 2 is 1.52 bits per heavy atom. The third kappa shape index (κ3) is 2.81. The Labute approximate surface area is 201 Å². The van der Waals surface area contributed by atoms with E-state index in [1.165, 1.54) is 5.57 Å². The molecule has 184 valence electrons. The molecule has 3 nitrogen and oxygen atoms in total. The smallest absolute Gasteiger partial charge is 0.310 e. The van der Waals surface area contributed by atoms with Crippen LogP contribution in [0.4, 0.5) is 0 Å². The van der Waals surface area contributed by atoms with Gasteiger partial charge in [0.2, 0.25) is 0 Å². The summed E-state index contributed by atoms with van der Waals surface area (Å²) in [5.74, 6) is 0.0637. The molecule has 7 atom stereocenters. The van der Waals surface area contributed by atoms with Crippen LogP contribution in [-0.2, 0) is 4.79 Å². The van der Waals surface area contributed by atoms with Crippen LogP contribution in [-0.4, -0.2) is 22.3 Å². The molecule has 0 radical (unpaired) electrons. The van der Waals surface area contributed by atoms with E-state index < -0.39 is 11.4 Å². The number of aliphatic hydroxyl groups is 1. The summed E-state index contributed by atoms with van der Waals surface area (Å²) >= 11 is 0. The van der Waals surface area contributed by atoms with Crippen LogP contribution >= 0.6 is 0 Å². The van der Waals surface area contributed by atoms with Gasteiger partial charge in [-0.2, -0.15) is 0 Å². The lowest BCUT2D eigenvalue weighted by atomic mass is 9.36. The first kappa shape index (κ1) is 23.6. The average molecular weight is 455 g/mol. The monoisotopic (exact) mass is 454 g/mol. The number of hydrogen-bond acceptors (Lipinski definition) is 2. The van der Waals surface area contributed by atoms with E-state index >= 15 is 0 Å². The van der Waals surface area contributed by atoms with E-state index in [-0.39, 0.29) is 39.1 Å². The van der Waals surface area contributed by atoms with Gasteiger partial charge in [0, 0.05) is 0 Å². The van der Waals surface area contributed by atoms with Gasteiger partial charge >= 0.3 is 5.97 Å². The number of fused-ring (bicyclic) bond motifs is 7. The van der Waals surface area contributed by atoms with Crippen LogP contribution in [0, 0.1) is 44.3 Å². The maximum atomic E-state index is 12.7. The van der Waals surface area contributed by atoms with Crippen molar-refractivity contribution in [3.63, 3.8) is 0 Å². The highest BCUT2D eigenvalue weighted by molar-refractivity contribution is 5.77. The Balaban J connectivity index is 1.65. The number of rotatable bonds is 1. The molecule has 0 aromatic carbocycles. The summed E-state index contributed by atoms with van der Waals surface area (Å²) in [7, 11) is 0. The minimum Gasteiger partial charge on any atom is -0.481 e. The molecule has 0 amide bonds. The highest BCUT2D eigenvalue weighted by Crippen LogP contribution is 2.74. The second kappa shape index (κ2) is 6.77. The zero-order valence-corrected chi connectivity index (χ0v) is 22.1. The van der Waals surface area contributed by atoms with Crippen molar-refractivity contribution in [2.24, 2.45) is 44.3 Å². The molecule has 3 heteroatoms. The summed E-state index contributed by atoms with van der Waals surface area (Å²) in [5, 5.41) is 21.3. The van der Waals surface area contributed by atoms with Gasteiger partial charge in [-0.25, -0.2) is 0 Å². The molecule has 33 heavy (non-hydrogen) atoms. The first-order chi connectivity index (χ1) is 15.1. The first-order valence-electron chi connectivity index (χ1n) is 13.5. The quantitative estimate of drug-likeness (QED) is 0.442. The van der Waals surface area contributed by atoms with Crippen LogP contribution in [0.5, 0.6) is 0 Å². The van der Waals surface area contributed by atoms with E-state index in [1.807, 2.05) is 0 Å². The fourth-order valence-electron chi connectivity index (χ4n) is 9.92. The minimum absolute atomic E-state index is 0.0162. The number of hydrogen-bond donors (Lipinski definition) is 2. The average Bonchev–Trinajstić information content (AvgIpc) is 2.71. The highest BCUT2D eigenvalue weighted by atomic mass is 16.4. The lowest BCUT2D eigenvalue weighted by Crippen LogP contribution is -2.61. The lowest BCUT2D eigenvalue weighted by molar-refractivity contribution is -0.164. The normalized spacial score (nSPS) is 50.0. The van der Waals surface area contributed by atoms with Crippen LogP contribution in [0.25, 0.3) is 0 Å². The predicted octanol–water partition coefficient (Wildman–Crippen LogP) is 7.15. The number of carboxylic acid groups (broad SMARTS) is 1. The van der Waals surface area contributed by atoms with Crippen molar-refractivity contribution in [3.05, 3.63) is 23.3 Å². The molecule has 2 N–H and O–H groups in total. The Hall–Kier alpha value is -1.09. The third-order valence-corrected chi connectivity index (χ3v) is 12.4. The SMILES string of the molecule is CC1(C)CC[C@]2(C(=O)O)CC[C@]3(C)C(=CC=C4[C@@]5(C)CC[C@@H](O)C(C)(C)[C@@H]5CC[C@]43C)[C@@H]2C1. The van der Waals surface area contributed by atoms with Gasteiger partial charge in [0.05, 0.1) is 11.5 Å². The van der Waals surface area contributed by atoms with Gasteiger partial charge in [-0.15, -0.1) is 0 Å². The van der Waals surface area contributed by atoms with Crippen molar-refractivity contribution in [1.82, 2.24) is 0 Å². The fraction of sp³-hybridized carbons (Fsp3) is 0.833. The summed E-state index contributed by atoms with van der Waals surface area (Å²) in [4.78, 5) is 12.7. The van der Waals surface area contributed by atoms with Gasteiger partial charge in [-0.3, -0.25) is 4.79 Å². The van der Waals surface area contributed by atoms with Crippen molar-refractivity contribution in [2.45, 2.75) is 112 Å². The van der Waals surface area contributed by atoms with Crippen molar-refractivity contribution in [3.8, 4) is 0 Å². The molecule has 4 saturated carbocycles. The van der Waals surface area contributed by atoms with Gasteiger partial charge in [0.15, 0.2) is 0 Å². The Morgan fingerprint density at radius 3 is 2.18 bits per heavy atom. The van der Waals surface area contributed by atoms with Crippen molar-refractivity contribution in [1.29, 1.82) is 0 Å². The topological polar surface area (TPSA) is 57.5 Å². The maximum absolute atomic E-state index is 12.7. The van der Waals surface area contributed by atoms with E-state index in [0.717, 1.165) is 57.8 Å². The van der Waals surface area contributed by atoms with Gasteiger partial charge in [-0.05, 0) is 96.7 Å². The minimum atomic E-state index is -0.583. The summed E-state index contributed by atoms with van der Waals surface area (Å²) in [5.41, 5.74) is 2.76. The molecule has 0 unspecified atom stereocenters. The standard InChI is InChI=1S/C30H46O3/c1-25(2)14-16-30(24(32)33)17-15-28(6)19(20(30)18-25)8-9-22-27(5)12-11-23(31)26(3,4)21(27)10-13-29(22,28)7/h8-9,20-21,23,31H,10-18H2,1-7H3,(H,32,33)/t20-,21-,23+,27-,28+,29+,30-/m0/s1. The summed E-state index contributed by atoms with van der Waals surface area (Å²) in [6, 6.07) is 0. The number of aliphatic carboxylic acids is 1. The molecule has 5 aliphatic carbocycles. The van der Waals surface area contributed by atoms with Crippen LogP contribution in [0.15, 0.2) is 23.3 Å². The molecule has 0 spiro atoms. The van der Waals surface area contributed by atoms with Crippen LogP contribution in [0.2, 0.25) is 0 Å².